The molecule has 3 nitrogen and oxygen atoms in total. The van der Waals surface area contributed by atoms with E-state index < -0.39 is 0 Å². The molecule has 0 aromatic carbocycles. The summed E-state index contributed by atoms with van der Waals surface area (Å²) >= 11 is 0. The van der Waals surface area contributed by atoms with Gasteiger partial charge in [-0.2, -0.15) is 0 Å². The Hall–Kier alpha value is -0.570. The Labute approximate surface area is 55.2 Å². The lowest BCUT2D eigenvalue weighted by atomic mass is 10.3. The highest BCUT2D eigenvalue weighted by Crippen LogP contribution is 1.95. The van der Waals surface area contributed by atoms with E-state index in [1.807, 2.05) is 0 Å². The molecular weight excluding hydrogens is 118 g/mol. The number of nitrogens with zero attached hydrogens (tertiary/aromatic N) is 1. The summed E-state index contributed by atoms with van der Waals surface area (Å²) in [6.45, 7) is 5.23. The molecule has 0 rings (SSSR count). The van der Waals surface area contributed by atoms with Crippen LogP contribution in [0.5, 0.6) is 0 Å². The van der Waals surface area contributed by atoms with E-state index in [9.17, 15) is 4.79 Å². The Bertz CT molecular complexity index is 101. The number of rotatable bonds is 2. The van der Waals surface area contributed by atoms with E-state index in [4.69, 9.17) is 5.21 Å². The van der Waals surface area contributed by atoms with E-state index in [1.165, 1.54) is 0 Å². The summed E-state index contributed by atoms with van der Waals surface area (Å²) in [5.41, 5.74) is 0. The fourth-order valence-electron chi connectivity index (χ4n) is 0.450. The van der Waals surface area contributed by atoms with Gasteiger partial charge >= 0.3 is 0 Å². The van der Waals surface area contributed by atoms with Crippen LogP contribution in [0.1, 0.15) is 27.2 Å². The third-order valence-corrected chi connectivity index (χ3v) is 1.05. The number of amides is 1. The smallest absolute Gasteiger partial charge is 0.245 e. The lowest BCUT2D eigenvalue weighted by Gasteiger charge is -2.17. The van der Waals surface area contributed by atoms with Crippen molar-refractivity contribution in [1.82, 2.24) is 5.06 Å². The van der Waals surface area contributed by atoms with Crippen molar-refractivity contribution in [2.24, 2.45) is 0 Å². The Morgan fingerprint density at radius 3 is 2.22 bits per heavy atom. The monoisotopic (exact) mass is 131 g/mol. The Kier molecular flexibility index (Phi) is 3.24. The average Bonchev–Trinajstić information content (AvgIpc) is 1.84. The summed E-state index contributed by atoms with van der Waals surface area (Å²) in [6.07, 6.45) is 0.356. The second-order valence-corrected chi connectivity index (χ2v) is 2.19. The van der Waals surface area contributed by atoms with Gasteiger partial charge in [0.2, 0.25) is 5.91 Å². The lowest BCUT2D eigenvalue weighted by molar-refractivity contribution is -0.172. The zero-order valence-corrected chi connectivity index (χ0v) is 6.09. The van der Waals surface area contributed by atoms with Gasteiger partial charge in [-0.05, 0) is 13.8 Å². The van der Waals surface area contributed by atoms with Crippen LogP contribution < -0.4 is 0 Å². The van der Waals surface area contributed by atoms with Gasteiger partial charge in [-0.1, -0.05) is 6.92 Å². The summed E-state index contributed by atoms with van der Waals surface area (Å²) in [7, 11) is 0. The van der Waals surface area contributed by atoms with E-state index in [2.05, 4.69) is 0 Å². The molecule has 0 atom stereocenters. The highest BCUT2D eigenvalue weighted by Gasteiger charge is 2.10. The van der Waals surface area contributed by atoms with Crippen LogP contribution in [0.25, 0.3) is 0 Å². The van der Waals surface area contributed by atoms with Gasteiger partial charge in [-0.25, -0.2) is 5.06 Å². The van der Waals surface area contributed by atoms with Crippen LogP contribution in [0.2, 0.25) is 0 Å². The van der Waals surface area contributed by atoms with Crippen molar-refractivity contribution in [1.29, 1.82) is 0 Å². The summed E-state index contributed by atoms with van der Waals surface area (Å²) < 4.78 is 0. The fraction of sp³-hybridized carbons (Fsp3) is 0.833. The first-order valence-corrected chi connectivity index (χ1v) is 3.10. The molecule has 9 heavy (non-hydrogen) atoms. The minimum Gasteiger partial charge on any atom is -0.286 e. The Morgan fingerprint density at radius 2 is 2.11 bits per heavy atom. The topological polar surface area (TPSA) is 40.5 Å². The van der Waals surface area contributed by atoms with Crippen LogP contribution >= 0.6 is 0 Å². The van der Waals surface area contributed by atoms with E-state index in [1.54, 1.807) is 20.8 Å². The summed E-state index contributed by atoms with van der Waals surface area (Å²) in [5.74, 6) is -0.231. The lowest BCUT2D eigenvalue weighted by Crippen LogP contribution is -2.32. The van der Waals surface area contributed by atoms with Crippen LogP contribution in [0.15, 0.2) is 0 Å². The molecule has 0 spiro atoms. The highest BCUT2D eigenvalue weighted by molar-refractivity contribution is 5.74. The van der Waals surface area contributed by atoms with Crippen LogP contribution in [0, 0.1) is 0 Å². The van der Waals surface area contributed by atoms with E-state index >= 15 is 0 Å². The first kappa shape index (κ1) is 8.43. The number of hydroxylamine groups is 2. The van der Waals surface area contributed by atoms with E-state index in [-0.39, 0.29) is 11.9 Å². The molecule has 1 amide bonds. The maximum absolute atomic E-state index is 10.6. The van der Waals surface area contributed by atoms with Crippen LogP contribution in [-0.4, -0.2) is 22.2 Å². The van der Waals surface area contributed by atoms with Crippen molar-refractivity contribution in [3.05, 3.63) is 0 Å². The molecule has 3 heteroatoms. The summed E-state index contributed by atoms with van der Waals surface area (Å²) in [5, 5.41) is 9.63. The van der Waals surface area contributed by atoms with Gasteiger partial charge in [-0.15, -0.1) is 0 Å². The van der Waals surface area contributed by atoms with Crippen LogP contribution in [0.3, 0.4) is 0 Å². The van der Waals surface area contributed by atoms with Gasteiger partial charge in [-0.3, -0.25) is 10.0 Å². The average molecular weight is 131 g/mol. The normalized spacial score (nSPS) is 9.89. The molecule has 0 aromatic heterocycles. The SMILES string of the molecule is CCC(=O)N(O)C(C)C. The first-order chi connectivity index (χ1) is 4.09. The fourth-order valence-corrected chi connectivity index (χ4v) is 0.450. The molecule has 0 bridgehead atoms. The van der Waals surface area contributed by atoms with Crippen molar-refractivity contribution >= 4 is 5.91 Å². The molecule has 0 aliphatic heterocycles. The number of hydrogen-bond acceptors (Lipinski definition) is 2. The Balaban J connectivity index is 3.72. The second-order valence-electron chi connectivity index (χ2n) is 2.19. The third-order valence-electron chi connectivity index (χ3n) is 1.05. The minimum absolute atomic E-state index is 0.113. The highest BCUT2D eigenvalue weighted by atomic mass is 16.5. The predicted octanol–water partition coefficient (Wildman–Crippen LogP) is 1.02. The zero-order valence-electron chi connectivity index (χ0n) is 6.09. The van der Waals surface area contributed by atoms with Gasteiger partial charge in [0.25, 0.3) is 0 Å². The number of carbonyl (C=O) groups excluding carboxylic acids is 1. The number of carbonyl (C=O) groups is 1. The standard InChI is InChI=1S/C6H13NO2/c1-4-6(8)7(9)5(2)3/h5,9H,4H2,1-3H3. The van der Waals surface area contributed by atoms with E-state index in [0.717, 1.165) is 5.06 Å². The zero-order chi connectivity index (χ0) is 7.44. The maximum atomic E-state index is 10.6. The van der Waals surface area contributed by atoms with Crippen molar-refractivity contribution in [3.8, 4) is 0 Å². The van der Waals surface area contributed by atoms with Crippen molar-refractivity contribution in [2.75, 3.05) is 0 Å². The van der Waals surface area contributed by atoms with Crippen molar-refractivity contribution in [2.45, 2.75) is 33.2 Å². The summed E-state index contributed by atoms with van der Waals surface area (Å²) in [4.78, 5) is 10.6. The largest absolute Gasteiger partial charge is 0.286 e. The minimum atomic E-state index is -0.231. The van der Waals surface area contributed by atoms with Gasteiger partial charge in [0, 0.05) is 6.42 Å². The van der Waals surface area contributed by atoms with Crippen molar-refractivity contribution in [3.63, 3.8) is 0 Å². The van der Waals surface area contributed by atoms with Gasteiger partial charge in [0.15, 0.2) is 0 Å². The molecule has 0 saturated heterocycles. The molecule has 0 heterocycles. The molecular formula is C6H13NO2. The quantitative estimate of drug-likeness (QED) is 0.449. The van der Waals surface area contributed by atoms with Gasteiger partial charge in [0.1, 0.15) is 0 Å². The van der Waals surface area contributed by atoms with Crippen LogP contribution in [0.4, 0.5) is 0 Å². The number of hydrogen-bond donors (Lipinski definition) is 1. The van der Waals surface area contributed by atoms with Gasteiger partial charge < -0.3 is 0 Å². The van der Waals surface area contributed by atoms with Gasteiger partial charge in [0.05, 0.1) is 6.04 Å². The molecule has 0 aromatic rings. The third kappa shape index (κ3) is 2.46. The molecule has 0 saturated carbocycles. The van der Waals surface area contributed by atoms with E-state index in [0.29, 0.717) is 6.42 Å². The molecule has 0 radical (unpaired) electrons. The van der Waals surface area contributed by atoms with Crippen LogP contribution in [-0.2, 0) is 4.79 Å². The molecule has 0 fully saturated rings. The van der Waals surface area contributed by atoms with Crippen molar-refractivity contribution < 1.29 is 10.0 Å². The molecule has 1 N–H and O–H groups in total. The molecule has 54 valence electrons. The maximum Gasteiger partial charge on any atom is 0.245 e. The molecule has 0 aliphatic carbocycles. The first-order valence-electron chi connectivity index (χ1n) is 3.10. The second kappa shape index (κ2) is 3.45. The predicted molar refractivity (Wildman–Crippen MR) is 34.1 cm³/mol. The summed E-state index contributed by atoms with van der Waals surface area (Å²) in [6, 6.07) is -0.113. The molecule has 0 unspecified atom stereocenters. The Morgan fingerprint density at radius 1 is 1.67 bits per heavy atom. The molecule has 0 aliphatic rings.